The lowest BCUT2D eigenvalue weighted by molar-refractivity contribution is -1.05. The standard InChI is InChI=1S/C8H15FNO/c1-10(11)5-2-3-8(7-9)4-6-10/h4,6,8,11H,2-3,5,7H2,1H3/q+1. The van der Waals surface area contributed by atoms with Crippen molar-refractivity contribution < 1.29 is 14.2 Å². The molecule has 0 aliphatic carbocycles. The average Bonchev–Trinajstić information content (AvgIpc) is 2.10. The van der Waals surface area contributed by atoms with Crippen LogP contribution in [0.3, 0.4) is 0 Å². The van der Waals surface area contributed by atoms with Crippen molar-refractivity contribution in [3.8, 4) is 0 Å². The van der Waals surface area contributed by atoms with Gasteiger partial charge in [0.05, 0.1) is 6.67 Å². The zero-order chi connectivity index (χ0) is 8.32. The number of quaternary nitrogens is 1. The van der Waals surface area contributed by atoms with Crippen LogP contribution >= 0.6 is 0 Å². The molecule has 64 valence electrons. The first-order valence-electron chi connectivity index (χ1n) is 3.97. The molecule has 0 amide bonds. The Morgan fingerprint density at radius 2 is 2.45 bits per heavy atom. The molecule has 0 fully saturated rings. The van der Waals surface area contributed by atoms with Gasteiger partial charge in [0, 0.05) is 12.3 Å². The molecule has 1 aliphatic heterocycles. The number of hydrogen-bond acceptors (Lipinski definition) is 1. The fourth-order valence-electron chi connectivity index (χ4n) is 1.28. The normalized spacial score (nSPS) is 38.6. The molecule has 0 spiro atoms. The van der Waals surface area contributed by atoms with Gasteiger partial charge in [-0.1, -0.05) is 0 Å². The van der Waals surface area contributed by atoms with Gasteiger partial charge in [-0.2, -0.15) is 4.65 Å². The van der Waals surface area contributed by atoms with E-state index in [1.165, 1.54) is 0 Å². The summed E-state index contributed by atoms with van der Waals surface area (Å²) < 4.78 is 12.1. The monoisotopic (exact) mass is 160 g/mol. The van der Waals surface area contributed by atoms with Crippen LogP contribution < -0.4 is 0 Å². The third kappa shape index (κ3) is 2.60. The van der Waals surface area contributed by atoms with Crippen molar-refractivity contribution in [2.45, 2.75) is 12.8 Å². The largest absolute Gasteiger partial charge is 0.250 e. The molecule has 2 nitrogen and oxygen atoms in total. The number of alkyl halides is 1. The highest BCUT2D eigenvalue weighted by atomic mass is 19.1. The summed E-state index contributed by atoms with van der Waals surface area (Å²) in [6, 6.07) is 0. The molecule has 0 radical (unpaired) electrons. The van der Waals surface area contributed by atoms with Gasteiger partial charge in [0.1, 0.15) is 19.8 Å². The van der Waals surface area contributed by atoms with Crippen LogP contribution in [0.25, 0.3) is 0 Å². The van der Waals surface area contributed by atoms with Crippen molar-refractivity contribution in [3.05, 3.63) is 12.3 Å². The lowest BCUT2D eigenvalue weighted by atomic mass is 10.1. The van der Waals surface area contributed by atoms with Gasteiger partial charge in [-0.15, -0.1) is 0 Å². The second-order valence-corrected chi connectivity index (χ2v) is 3.34. The van der Waals surface area contributed by atoms with Crippen LogP contribution in [0.5, 0.6) is 0 Å². The fraction of sp³-hybridized carbons (Fsp3) is 0.750. The quantitative estimate of drug-likeness (QED) is 0.579. The van der Waals surface area contributed by atoms with E-state index in [-0.39, 0.29) is 17.2 Å². The SMILES string of the molecule is C[N+]1(O)C=CC(CF)CCC1. The third-order valence-corrected chi connectivity index (χ3v) is 2.06. The zero-order valence-corrected chi connectivity index (χ0v) is 6.83. The van der Waals surface area contributed by atoms with E-state index >= 15 is 0 Å². The number of hydrogen-bond donors (Lipinski definition) is 1. The molecule has 1 aliphatic rings. The van der Waals surface area contributed by atoms with Gasteiger partial charge in [0.25, 0.3) is 0 Å². The number of hydroxylamine groups is 3. The van der Waals surface area contributed by atoms with Gasteiger partial charge in [-0.25, -0.2) is 5.21 Å². The molecule has 1 rings (SSSR count). The summed E-state index contributed by atoms with van der Waals surface area (Å²) in [6.45, 7) is 0.378. The zero-order valence-electron chi connectivity index (χ0n) is 6.83. The summed E-state index contributed by atoms with van der Waals surface area (Å²) in [6.07, 6.45) is 5.17. The van der Waals surface area contributed by atoms with Gasteiger partial charge in [0.15, 0.2) is 0 Å². The van der Waals surface area contributed by atoms with Crippen molar-refractivity contribution >= 4 is 0 Å². The molecule has 3 heteroatoms. The van der Waals surface area contributed by atoms with Crippen LogP contribution in [0.1, 0.15) is 12.8 Å². The Labute approximate surface area is 66.5 Å². The van der Waals surface area contributed by atoms with Crippen molar-refractivity contribution in [3.63, 3.8) is 0 Å². The predicted molar refractivity (Wildman–Crippen MR) is 40.7 cm³/mol. The highest BCUT2D eigenvalue weighted by Crippen LogP contribution is 2.16. The first kappa shape index (κ1) is 8.68. The Morgan fingerprint density at radius 1 is 1.73 bits per heavy atom. The fourth-order valence-corrected chi connectivity index (χ4v) is 1.28. The molecular formula is C8H15FNO+. The summed E-state index contributed by atoms with van der Waals surface area (Å²) in [4.78, 5) is 0. The summed E-state index contributed by atoms with van der Waals surface area (Å²) in [5, 5.41) is 9.50. The van der Waals surface area contributed by atoms with Gasteiger partial charge in [-0.05, 0) is 12.5 Å². The van der Waals surface area contributed by atoms with E-state index in [0.29, 0.717) is 6.54 Å². The maximum absolute atomic E-state index is 12.2. The molecule has 11 heavy (non-hydrogen) atoms. The van der Waals surface area contributed by atoms with Gasteiger partial charge in [-0.3, -0.25) is 4.39 Å². The molecule has 2 unspecified atom stereocenters. The Hall–Kier alpha value is -0.410. The summed E-state index contributed by atoms with van der Waals surface area (Å²) in [7, 11) is 1.71. The minimum absolute atomic E-state index is 0.0158. The highest BCUT2D eigenvalue weighted by molar-refractivity contribution is 4.84. The lowest BCUT2D eigenvalue weighted by Crippen LogP contribution is -2.34. The average molecular weight is 160 g/mol. The number of nitrogens with zero attached hydrogens (tertiary/aromatic N) is 1. The van der Waals surface area contributed by atoms with Crippen LogP contribution in [0.4, 0.5) is 4.39 Å². The van der Waals surface area contributed by atoms with E-state index in [0.717, 1.165) is 12.8 Å². The molecule has 2 atom stereocenters. The minimum Gasteiger partial charge on any atom is -0.250 e. The molecule has 0 aromatic carbocycles. The number of halogens is 1. The second kappa shape index (κ2) is 3.32. The molecule has 1 N–H and O–H groups in total. The van der Waals surface area contributed by atoms with Gasteiger partial charge in [0.2, 0.25) is 0 Å². The molecule has 0 bridgehead atoms. The van der Waals surface area contributed by atoms with E-state index in [4.69, 9.17) is 0 Å². The maximum Gasteiger partial charge on any atom is 0.124 e. The van der Waals surface area contributed by atoms with Crippen molar-refractivity contribution in [1.82, 2.24) is 0 Å². The van der Waals surface area contributed by atoms with Crippen LogP contribution in [0.2, 0.25) is 0 Å². The Kier molecular flexibility index (Phi) is 2.62. The first-order valence-corrected chi connectivity index (χ1v) is 3.97. The molecule has 0 saturated carbocycles. The Balaban J connectivity index is 2.56. The predicted octanol–water partition coefficient (Wildman–Crippen LogP) is 1.72. The van der Waals surface area contributed by atoms with E-state index in [1.54, 1.807) is 19.3 Å². The van der Waals surface area contributed by atoms with Crippen molar-refractivity contribution in [2.24, 2.45) is 5.92 Å². The second-order valence-electron chi connectivity index (χ2n) is 3.34. The van der Waals surface area contributed by atoms with E-state index < -0.39 is 0 Å². The molecular weight excluding hydrogens is 145 g/mol. The van der Waals surface area contributed by atoms with E-state index in [9.17, 15) is 9.60 Å². The molecule has 0 aromatic rings. The Bertz CT molecular complexity index is 156. The van der Waals surface area contributed by atoms with Crippen LogP contribution in [-0.4, -0.2) is 30.1 Å². The maximum atomic E-state index is 12.2. The lowest BCUT2D eigenvalue weighted by Gasteiger charge is -2.18. The molecule has 0 saturated heterocycles. The molecule has 1 heterocycles. The van der Waals surface area contributed by atoms with Crippen LogP contribution in [0, 0.1) is 5.92 Å². The van der Waals surface area contributed by atoms with Crippen LogP contribution in [-0.2, 0) is 0 Å². The number of allylic oxidation sites excluding steroid dienone is 1. The summed E-state index contributed by atoms with van der Waals surface area (Å²) >= 11 is 0. The molecule has 0 aromatic heterocycles. The van der Waals surface area contributed by atoms with Crippen molar-refractivity contribution in [2.75, 3.05) is 20.3 Å². The topological polar surface area (TPSA) is 20.2 Å². The summed E-state index contributed by atoms with van der Waals surface area (Å²) in [5.41, 5.74) is 0. The highest BCUT2D eigenvalue weighted by Gasteiger charge is 2.20. The van der Waals surface area contributed by atoms with Gasteiger partial charge < -0.3 is 0 Å². The van der Waals surface area contributed by atoms with Crippen molar-refractivity contribution in [1.29, 1.82) is 0 Å². The first-order chi connectivity index (χ1) is 5.14. The minimum atomic E-state index is -0.309. The van der Waals surface area contributed by atoms with E-state index in [2.05, 4.69) is 0 Å². The van der Waals surface area contributed by atoms with Gasteiger partial charge >= 0.3 is 0 Å². The third-order valence-electron chi connectivity index (χ3n) is 2.06. The van der Waals surface area contributed by atoms with E-state index in [1.807, 2.05) is 0 Å². The summed E-state index contributed by atoms with van der Waals surface area (Å²) in [5.74, 6) is 0.0158. The number of rotatable bonds is 1. The Morgan fingerprint density at radius 3 is 3.09 bits per heavy atom. The smallest absolute Gasteiger partial charge is 0.124 e. The van der Waals surface area contributed by atoms with Crippen LogP contribution in [0.15, 0.2) is 12.3 Å².